The van der Waals surface area contributed by atoms with Crippen LogP contribution >= 0.6 is 23.2 Å². The summed E-state index contributed by atoms with van der Waals surface area (Å²) >= 11 is 11.8. The molecule has 2 aromatic rings. The zero-order valence-electron chi connectivity index (χ0n) is 8.33. The third-order valence-electron chi connectivity index (χ3n) is 2.07. The van der Waals surface area contributed by atoms with Crippen molar-refractivity contribution in [3.8, 4) is 0 Å². The molecule has 0 nitrogen and oxygen atoms in total. The Hall–Kier alpha value is -0.158. The number of rotatable bonds is 2. The average molecular weight is 286 g/mol. The topological polar surface area (TPSA) is 0 Å². The first kappa shape index (κ1) is 13.9. The fourth-order valence-corrected chi connectivity index (χ4v) is 2.72. The van der Waals surface area contributed by atoms with Gasteiger partial charge in [0.25, 0.3) is 0 Å². The quantitative estimate of drug-likeness (QED) is 0.662. The molecule has 0 fully saturated rings. The molecule has 0 N–H and O–H groups in total. The van der Waals surface area contributed by atoms with Gasteiger partial charge in [0.15, 0.2) is 0 Å². The average Bonchev–Trinajstić information content (AvgIpc) is 2.25. The van der Waals surface area contributed by atoms with Gasteiger partial charge in [-0.25, -0.2) is 0 Å². The minimum atomic E-state index is 0. The van der Waals surface area contributed by atoms with Crippen molar-refractivity contribution in [1.82, 2.24) is 0 Å². The van der Waals surface area contributed by atoms with Crippen LogP contribution in [0.15, 0.2) is 48.5 Å². The second kappa shape index (κ2) is 6.55. The molecule has 0 unspecified atom stereocenters. The summed E-state index contributed by atoms with van der Waals surface area (Å²) < 4.78 is 2.67. The summed E-state index contributed by atoms with van der Waals surface area (Å²) in [6.07, 6.45) is 0. The summed E-state index contributed by atoms with van der Waals surface area (Å²) in [6, 6.07) is 16.0. The molecule has 0 saturated heterocycles. The molecule has 0 aliphatic rings. The van der Waals surface area contributed by atoms with Crippen LogP contribution in [0.5, 0.6) is 0 Å². The normalized spacial score (nSPS) is 9.12. The van der Waals surface area contributed by atoms with E-state index in [-0.39, 0.29) is 27.6 Å². The molecule has 0 aliphatic heterocycles. The van der Waals surface area contributed by atoms with Crippen LogP contribution in [0.25, 0.3) is 0 Å². The molecule has 4 heteroatoms. The molecule has 0 bridgehead atoms. The third-order valence-corrected chi connectivity index (χ3v) is 4.01. The molecule has 0 spiro atoms. The number of hydrogen-bond donors (Lipinski definition) is 0. The van der Waals surface area contributed by atoms with Crippen molar-refractivity contribution >= 4 is 47.3 Å². The predicted molar refractivity (Wildman–Crippen MR) is 67.9 cm³/mol. The molecule has 0 radical (unpaired) electrons. The molecular weight excluding hydrogens is 277 g/mol. The Labute approximate surface area is 118 Å². The summed E-state index contributed by atoms with van der Waals surface area (Å²) in [6.45, 7) is 0. The molecular formula is C12H8AlCl3. The second-order valence-corrected chi connectivity index (χ2v) is 5.74. The zero-order chi connectivity index (χ0) is 10.7. The van der Waals surface area contributed by atoms with Crippen molar-refractivity contribution in [2.24, 2.45) is 0 Å². The van der Waals surface area contributed by atoms with Crippen molar-refractivity contribution in [2.45, 2.75) is 0 Å². The molecule has 2 rings (SSSR count). The molecule has 80 valence electrons. The first-order valence-corrected chi connectivity index (χ1v) is 6.51. The SMILES string of the molecule is Clc1cc[c]([Al+][c]2ccc(Cl)cc2)cc1.[Cl-]. The van der Waals surface area contributed by atoms with Gasteiger partial charge in [0.05, 0.1) is 0 Å². The van der Waals surface area contributed by atoms with Crippen molar-refractivity contribution in [2.75, 3.05) is 0 Å². The standard InChI is InChI=1S/2C6H4Cl.Al.ClH/c2*7-6-4-2-1-3-5-6;;/h2*2-5H;;1H/q;;+1;/p-1. The minimum Gasteiger partial charge on any atom is -1.00 e. The predicted octanol–water partition coefficient (Wildman–Crippen LogP) is -0.348. The largest absolute Gasteiger partial charge is 1.00 e. The van der Waals surface area contributed by atoms with Gasteiger partial charge in [0.2, 0.25) is 0 Å². The van der Waals surface area contributed by atoms with Gasteiger partial charge >= 0.3 is 106 Å². The summed E-state index contributed by atoms with van der Waals surface area (Å²) in [7, 11) is 0. The Bertz CT molecular complexity index is 393. The molecule has 0 saturated carbocycles. The summed E-state index contributed by atoms with van der Waals surface area (Å²) in [5, 5.41) is 1.57. The fourth-order valence-electron chi connectivity index (χ4n) is 1.31. The number of halogens is 3. The Balaban J connectivity index is 0.00000128. The van der Waals surface area contributed by atoms with E-state index in [1.54, 1.807) is 0 Å². The van der Waals surface area contributed by atoms with Crippen LogP contribution in [0, 0.1) is 0 Å². The second-order valence-electron chi connectivity index (χ2n) is 3.25. The Morgan fingerprint density at radius 3 is 1.25 bits per heavy atom. The van der Waals surface area contributed by atoms with Crippen LogP contribution in [0.4, 0.5) is 0 Å². The summed E-state index contributed by atoms with van der Waals surface area (Å²) in [5.41, 5.74) is 0. The van der Waals surface area contributed by atoms with Crippen molar-refractivity contribution in [1.29, 1.82) is 0 Å². The zero-order valence-corrected chi connectivity index (χ0v) is 11.8. The van der Waals surface area contributed by atoms with Crippen LogP contribution in [0.2, 0.25) is 10.0 Å². The van der Waals surface area contributed by atoms with Crippen LogP contribution in [0.3, 0.4) is 0 Å². The van der Waals surface area contributed by atoms with Crippen molar-refractivity contribution < 1.29 is 12.4 Å². The van der Waals surface area contributed by atoms with Crippen molar-refractivity contribution in [3.63, 3.8) is 0 Å². The maximum Gasteiger partial charge on any atom is -1.00 e. The van der Waals surface area contributed by atoms with Crippen molar-refractivity contribution in [3.05, 3.63) is 58.6 Å². The molecule has 0 aromatic heterocycles. The van der Waals surface area contributed by atoms with Crippen LogP contribution < -0.4 is 21.3 Å². The number of benzene rings is 2. The molecule has 0 aliphatic carbocycles. The van der Waals surface area contributed by atoms with Gasteiger partial charge in [0, 0.05) is 0 Å². The van der Waals surface area contributed by atoms with Gasteiger partial charge in [-0.1, -0.05) is 0 Å². The monoisotopic (exact) mass is 284 g/mol. The maximum atomic E-state index is 5.83. The summed E-state index contributed by atoms with van der Waals surface area (Å²) in [5.74, 6) is 0. The first-order chi connectivity index (χ1) is 7.24. The van der Waals surface area contributed by atoms with E-state index < -0.39 is 0 Å². The molecule has 16 heavy (non-hydrogen) atoms. The van der Waals surface area contributed by atoms with Gasteiger partial charge in [-0.15, -0.1) is 0 Å². The van der Waals surface area contributed by atoms with Crippen LogP contribution in [-0.2, 0) is 0 Å². The Morgan fingerprint density at radius 2 is 0.938 bits per heavy atom. The van der Waals surface area contributed by atoms with Gasteiger partial charge in [-0.3, -0.25) is 0 Å². The van der Waals surface area contributed by atoms with Crippen LogP contribution in [-0.4, -0.2) is 15.2 Å². The Morgan fingerprint density at radius 1 is 0.625 bits per heavy atom. The van der Waals surface area contributed by atoms with E-state index in [1.807, 2.05) is 24.3 Å². The van der Waals surface area contributed by atoms with E-state index in [0.29, 0.717) is 0 Å². The third kappa shape index (κ3) is 4.02. The van der Waals surface area contributed by atoms with E-state index in [1.165, 1.54) is 8.85 Å². The van der Waals surface area contributed by atoms with Gasteiger partial charge < -0.3 is 12.4 Å². The van der Waals surface area contributed by atoms with Gasteiger partial charge in [-0.05, 0) is 0 Å². The molecule has 2 aromatic carbocycles. The van der Waals surface area contributed by atoms with Crippen LogP contribution in [0.1, 0.15) is 0 Å². The van der Waals surface area contributed by atoms with E-state index in [2.05, 4.69) is 24.3 Å². The van der Waals surface area contributed by atoms with Gasteiger partial charge in [-0.2, -0.15) is 0 Å². The minimum absolute atomic E-state index is 0. The van der Waals surface area contributed by atoms with E-state index in [9.17, 15) is 0 Å². The summed E-state index contributed by atoms with van der Waals surface area (Å²) in [4.78, 5) is 0. The maximum absolute atomic E-state index is 5.83. The Kier molecular flexibility index (Phi) is 5.69. The van der Waals surface area contributed by atoms with E-state index in [4.69, 9.17) is 23.2 Å². The van der Waals surface area contributed by atoms with E-state index in [0.717, 1.165) is 10.0 Å². The first-order valence-electron chi connectivity index (χ1n) is 4.60. The number of hydrogen-bond acceptors (Lipinski definition) is 0. The molecule has 0 heterocycles. The smallest absolute Gasteiger partial charge is 1.00 e. The van der Waals surface area contributed by atoms with E-state index >= 15 is 0 Å². The fraction of sp³-hybridized carbons (Fsp3) is 0. The van der Waals surface area contributed by atoms with Gasteiger partial charge in [0.1, 0.15) is 0 Å². The molecule has 0 atom stereocenters. The molecule has 0 amide bonds.